The van der Waals surface area contributed by atoms with E-state index in [0.29, 0.717) is 17.7 Å². The molecule has 1 saturated heterocycles. The van der Waals surface area contributed by atoms with Crippen LogP contribution in [0.25, 0.3) is 0 Å². The van der Waals surface area contributed by atoms with Gasteiger partial charge < -0.3 is 14.8 Å². The number of nitrogens with one attached hydrogen (secondary N) is 1. The molecule has 2 atom stereocenters. The number of rotatable bonds is 6. The van der Waals surface area contributed by atoms with E-state index in [9.17, 15) is 18.0 Å². The number of hydrogen-bond acceptors (Lipinski definition) is 6. The monoisotopic (exact) mass is 369 g/mol. The van der Waals surface area contributed by atoms with Crippen molar-refractivity contribution in [3.8, 4) is 5.75 Å². The Labute approximate surface area is 147 Å². The van der Waals surface area contributed by atoms with Gasteiger partial charge in [0.25, 0.3) is 5.91 Å². The predicted molar refractivity (Wildman–Crippen MR) is 92.3 cm³/mol. The Balaban J connectivity index is 1.87. The standard InChI is InChI=1S/C17H23NO6S/c1-11(2)23-15-6-4-13(5-7-15)17(20)24-12(3)16(19)18-14-8-9-25(21,22)10-14/h4-7,11-12,14H,8-10H2,1-3H3,(H,18,19)/t12-,14+/m0/s1. The van der Waals surface area contributed by atoms with E-state index in [1.54, 1.807) is 24.3 Å². The average molecular weight is 369 g/mol. The zero-order valence-corrected chi connectivity index (χ0v) is 15.3. The second-order valence-corrected chi connectivity index (χ2v) is 8.58. The summed E-state index contributed by atoms with van der Waals surface area (Å²) in [7, 11) is -3.08. The van der Waals surface area contributed by atoms with Crippen molar-refractivity contribution in [3.05, 3.63) is 29.8 Å². The van der Waals surface area contributed by atoms with Crippen LogP contribution in [0.15, 0.2) is 24.3 Å². The number of sulfone groups is 1. The molecule has 0 radical (unpaired) electrons. The molecule has 1 fully saturated rings. The average Bonchev–Trinajstić information content (AvgIpc) is 2.86. The maximum atomic E-state index is 12.1. The van der Waals surface area contributed by atoms with Crippen molar-refractivity contribution in [2.45, 2.75) is 45.4 Å². The van der Waals surface area contributed by atoms with Crippen LogP contribution in [-0.2, 0) is 19.4 Å². The fourth-order valence-electron chi connectivity index (χ4n) is 2.45. The van der Waals surface area contributed by atoms with Crippen molar-refractivity contribution in [3.63, 3.8) is 0 Å². The van der Waals surface area contributed by atoms with Crippen molar-refractivity contribution in [1.29, 1.82) is 0 Å². The normalized spacial score (nSPS) is 20.1. The Morgan fingerprint density at radius 3 is 2.32 bits per heavy atom. The Bertz CT molecular complexity index is 726. The summed E-state index contributed by atoms with van der Waals surface area (Å²) < 4.78 is 33.4. The molecule has 1 aromatic rings. The van der Waals surface area contributed by atoms with Crippen LogP contribution in [0.1, 0.15) is 37.6 Å². The molecule has 1 aliphatic heterocycles. The number of esters is 1. The summed E-state index contributed by atoms with van der Waals surface area (Å²) in [6, 6.07) is 6.02. The zero-order chi connectivity index (χ0) is 18.6. The van der Waals surface area contributed by atoms with Gasteiger partial charge in [-0.2, -0.15) is 0 Å². The van der Waals surface area contributed by atoms with Crippen molar-refractivity contribution in [1.82, 2.24) is 5.32 Å². The van der Waals surface area contributed by atoms with Gasteiger partial charge in [-0.1, -0.05) is 0 Å². The quantitative estimate of drug-likeness (QED) is 0.760. The summed E-state index contributed by atoms with van der Waals surface area (Å²) in [5.74, 6) is -0.499. The molecule has 1 aromatic carbocycles. The summed E-state index contributed by atoms with van der Waals surface area (Å²) in [5, 5.41) is 2.61. The van der Waals surface area contributed by atoms with Crippen LogP contribution in [0.4, 0.5) is 0 Å². The van der Waals surface area contributed by atoms with E-state index in [1.165, 1.54) is 6.92 Å². The molecule has 138 valence electrons. The van der Waals surface area contributed by atoms with E-state index in [2.05, 4.69) is 5.32 Å². The lowest BCUT2D eigenvalue weighted by molar-refractivity contribution is -0.129. The molecule has 1 N–H and O–H groups in total. The van der Waals surface area contributed by atoms with Crippen LogP contribution >= 0.6 is 0 Å². The van der Waals surface area contributed by atoms with Gasteiger partial charge in [-0.3, -0.25) is 4.79 Å². The van der Waals surface area contributed by atoms with Gasteiger partial charge in [-0.15, -0.1) is 0 Å². The molecule has 0 bridgehead atoms. The summed E-state index contributed by atoms with van der Waals surface area (Å²) in [4.78, 5) is 24.1. The molecule has 25 heavy (non-hydrogen) atoms. The fourth-order valence-corrected chi connectivity index (χ4v) is 4.12. The van der Waals surface area contributed by atoms with Gasteiger partial charge in [0, 0.05) is 6.04 Å². The zero-order valence-electron chi connectivity index (χ0n) is 14.5. The molecule has 8 heteroatoms. The summed E-state index contributed by atoms with van der Waals surface area (Å²) in [5.41, 5.74) is 0.305. The molecule has 0 aliphatic carbocycles. The molecule has 0 spiro atoms. The van der Waals surface area contributed by atoms with E-state index in [4.69, 9.17) is 9.47 Å². The van der Waals surface area contributed by atoms with E-state index in [1.807, 2.05) is 13.8 Å². The van der Waals surface area contributed by atoms with Gasteiger partial charge in [0.1, 0.15) is 5.75 Å². The highest BCUT2D eigenvalue weighted by molar-refractivity contribution is 7.91. The summed E-state index contributed by atoms with van der Waals surface area (Å²) in [6.07, 6.45) is -0.602. The lowest BCUT2D eigenvalue weighted by atomic mass is 10.2. The first-order chi connectivity index (χ1) is 11.7. The van der Waals surface area contributed by atoms with Gasteiger partial charge in [-0.25, -0.2) is 13.2 Å². The summed E-state index contributed by atoms with van der Waals surface area (Å²) in [6.45, 7) is 5.25. The van der Waals surface area contributed by atoms with E-state index in [0.717, 1.165) is 0 Å². The van der Waals surface area contributed by atoms with Crippen molar-refractivity contribution >= 4 is 21.7 Å². The smallest absolute Gasteiger partial charge is 0.338 e. The van der Waals surface area contributed by atoms with Crippen LogP contribution in [0.5, 0.6) is 5.75 Å². The first-order valence-corrected chi connectivity index (χ1v) is 9.97. The van der Waals surface area contributed by atoms with Crippen LogP contribution in [0.2, 0.25) is 0 Å². The predicted octanol–water partition coefficient (Wildman–Crippen LogP) is 1.32. The Morgan fingerprint density at radius 1 is 1.16 bits per heavy atom. The number of amides is 1. The third-order valence-corrected chi connectivity index (χ3v) is 5.46. The Morgan fingerprint density at radius 2 is 1.80 bits per heavy atom. The van der Waals surface area contributed by atoms with Gasteiger partial charge in [-0.05, 0) is 51.5 Å². The van der Waals surface area contributed by atoms with Crippen LogP contribution in [0, 0.1) is 0 Å². The lowest BCUT2D eigenvalue weighted by Crippen LogP contribution is -2.42. The van der Waals surface area contributed by atoms with E-state index in [-0.39, 0.29) is 17.6 Å². The first kappa shape index (κ1) is 19.2. The largest absolute Gasteiger partial charge is 0.491 e. The molecule has 1 aliphatic rings. The highest BCUT2D eigenvalue weighted by atomic mass is 32.2. The highest BCUT2D eigenvalue weighted by Gasteiger charge is 2.30. The van der Waals surface area contributed by atoms with Crippen molar-refractivity contribution in [2.75, 3.05) is 11.5 Å². The second kappa shape index (κ2) is 7.86. The second-order valence-electron chi connectivity index (χ2n) is 6.35. The van der Waals surface area contributed by atoms with Gasteiger partial charge in [0.15, 0.2) is 15.9 Å². The van der Waals surface area contributed by atoms with Gasteiger partial charge in [0.2, 0.25) is 0 Å². The molecule has 0 saturated carbocycles. The molecule has 0 aromatic heterocycles. The Hall–Kier alpha value is -2.09. The molecule has 7 nitrogen and oxygen atoms in total. The van der Waals surface area contributed by atoms with E-state index < -0.39 is 33.9 Å². The maximum Gasteiger partial charge on any atom is 0.338 e. The summed E-state index contributed by atoms with van der Waals surface area (Å²) >= 11 is 0. The Kier molecular flexibility index (Phi) is 6.05. The van der Waals surface area contributed by atoms with Gasteiger partial charge in [0.05, 0.1) is 23.2 Å². The third-order valence-electron chi connectivity index (χ3n) is 3.69. The molecule has 1 amide bonds. The van der Waals surface area contributed by atoms with Crippen LogP contribution in [-0.4, -0.2) is 50.0 Å². The van der Waals surface area contributed by atoms with Crippen LogP contribution < -0.4 is 10.1 Å². The number of ether oxygens (including phenoxy) is 2. The maximum absolute atomic E-state index is 12.1. The minimum Gasteiger partial charge on any atom is -0.491 e. The number of hydrogen-bond donors (Lipinski definition) is 1. The SMILES string of the molecule is CC(C)Oc1ccc(C(=O)O[C@@H](C)C(=O)N[C@@H]2CCS(=O)(=O)C2)cc1. The van der Waals surface area contributed by atoms with Gasteiger partial charge >= 0.3 is 5.97 Å². The highest BCUT2D eigenvalue weighted by Crippen LogP contribution is 2.15. The third kappa shape index (κ3) is 5.74. The van der Waals surface area contributed by atoms with Crippen molar-refractivity contribution < 1.29 is 27.5 Å². The lowest BCUT2D eigenvalue weighted by Gasteiger charge is -2.16. The number of carbonyl (C=O) groups is 2. The topological polar surface area (TPSA) is 98.8 Å². The molecule has 0 unspecified atom stereocenters. The minimum absolute atomic E-state index is 0.0286. The minimum atomic E-state index is -3.08. The molecular weight excluding hydrogens is 346 g/mol. The molecule has 2 rings (SSSR count). The first-order valence-electron chi connectivity index (χ1n) is 8.15. The number of benzene rings is 1. The van der Waals surface area contributed by atoms with Crippen LogP contribution in [0.3, 0.4) is 0 Å². The fraction of sp³-hybridized carbons (Fsp3) is 0.529. The molecule has 1 heterocycles. The molecular formula is C17H23NO6S. The van der Waals surface area contributed by atoms with Crippen molar-refractivity contribution in [2.24, 2.45) is 0 Å². The number of carbonyl (C=O) groups excluding carboxylic acids is 2. The van der Waals surface area contributed by atoms with E-state index >= 15 is 0 Å².